The normalized spacial score (nSPS) is 15.0. The Hall–Kier alpha value is -2.70. The molecule has 116 valence electrons. The Balaban J connectivity index is 2.09. The third-order valence-corrected chi connectivity index (χ3v) is 3.07. The van der Waals surface area contributed by atoms with Crippen molar-refractivity contribution in [2.45, 2.75) is 26.4 Å². The lowest BCUT2D eigenvalue weighted by atomic mass is 10.2. The monoisotopic (exact) mass is 303 g/mol. The molecule has 0 saturated carbocycles. The van der Waals surface area contributed by atoms with Crippen LogP contribution in [-0.2, 0) is 20.9 Å². The van der Waals surface area contributed by atoms with E-state index in [1.54, 1.807) is 38.1 Å². The first-order chi connectivity index (χ1) is 10.4. The van der Waals surface area contributed by atoms with Gasteiger partial charge in [0.15, 0.2) is 0 Å². The fourth-order valence-corrected chi connectivity index (χ4v) is 2.11. The van der Waals surface area contributed by atoms with Crippen molar-refractivity contribution in [3.63, 3.8) is 0 Å². The van der Waals surface area contributed by atoms with Crippen LogP contribution in [0.25, 0.3) is 0 Å². The van der Waals surface area contributed by atoms with E-state index in [2.05, 4.69) is 5.32 Å². The zero-order chi connectivity index (χ0) is 16.3. The van der Waals surface area contributed by atoms with Crippen molar-refractivity contribution in [1.29, 1.82) is 0 Å². The largest absolute Gasteiger partial charge is 0.352 e. The molecule has 0 atom stereocenters. The van der Waals surface area contributed by atoms with Crippen molar-refractivity contribution in [2.24, 2.45) is 0 Å². The highest BCUT2D eigenvalue weighted by Crippen LogP contribution is 2.15. The number of urea groups is 1. The molecule has 1 aliphatic rings. The molecule has 0 aliphatic carbocycles. The number of imide groups is 2. The zero-order valence-electron chi connectivity index (χ0n) is 12.4. The lowest BCUT2D eigenvalue weighted by molar-refractivity contribution is -0.144. The van der Waals surface area contributed by atoms with Gasteiger partial charge in [-0.2, -0.15) is 0 Å². The smallest absolute Gasteiger partial charge is 0.335 e. The molecule has 1 aromatic rings. The van der Waals surface area contributed by atoms with Gasteiger partial charge >= 0.3 is 17.8 Å². The summed E-state index contributed by atoms with van der Waals surface area (Å²) in [6.45, 7) is 3.08. The lowest BCUT2D eigenvalue weighted by Crippen LogP contribution is -2.43. The second-order valence-electron chi connectivity index (χ2n) is 5.27. The number of hydrogen-bond donors (Lipinski definition) is 1. The van der Waals surface area contributed by atoms with E-state index in [1.807, 2.05) is 6.07 Å². The Bertz CT molecular complexity index is 612. The Morgan fingerprint density at radius 2 is 1.64 bits per heavy atom. The van der Waals surface area contributed by atoms with Gasteiger partial charge in [-0.15, -0.1) is 0 Å². The summed E-state index contributed by atoms with van der Waals surface area (Å²) in [5.74, 6) is -2.36. The fourth-order valence-electron chi connectivity index (χ4n) is 2.11. The minimum Gasteiger partial charge on any atom is -0.352 e. The first-order valence-corrected chi connectivity index (χ1v) is 6.90. The van der Waals surface area contributed by atoms with Gasteiger partial charge in [0.2, 0.25) is 5.91 Å². The Kier molecular flexibility index (Phi) is 4.55. The first kappa shape index (κ1) is 15.7. The highest BCUT2D eigenvalue weighted by atomic mass is 16.2. The standard InChI is InChI=1S/C15H17N3O4/c1-10(2)16-12(19)9-18-14(21)13(20)17(15(18)22)8-11-6-4-3-5-7-11/h3-7,10H,8-9H2,1-2H3,(H,16,19). The van der Waals surface area contributed by atoms with E-state index >= 15 is 0 Å². The van der Waals surface area contributed by atoms with Crippen LogP contribution in [0.15, 0.2) is 30.3 Å². The van der Waals surface area contributed by atoms with Gasteiger partial charge in [-0.25, -0.2) is 9.69 Å². The Labute approximate surface area is 127 Å². The van der Waals surface area contributed by atoms with Crippen LogP contribution in [0.1, 0.15) is 19.4 Å². The van der Waals surface area contributed by atoms with Gasteiger partial charge in [0.25, 0.3) is 0 Å². The third kappa shape index (κ3) is 3.30. The quantitative estimate of drug-likeness (QED) is 0.634. The van der Waals surface area contributed by atoms with E-state index < -0.39 is 30.3 Å². The average molecular weight is 303 g/mol. The van der Waals surface area contributed by atoms with Crippen LogP contribution in [0.2, 0.25) is 0 Å². The van der Waals surface area contributed by atoms with E-state index in [9.17, 15) is 19.2 Å². The third-order valence-electron chi connectivity index (χ3n) is 3.07. The van der Waals surface area contributed by atoms with Crippen molar-refractivity contribution >= 4 is 23.8 Å². The number of benzene rings is 1. The molecule has 2 rings (SSSR count). The van der Waals surface area contributed by atoms with Crippen molar-refractivity contribution in [3.8, 4) is 0 Å². The van der Waals surface area contributed by atoms with Gasteiger partial charge in [-0.05, 0) is 19.4 Å². The molecule has 1 fully saturated rings. The van der Waals surface area contributed by atoms with Gasteiger partial charge in [0, 0.05) is 6.04 Å². The number of nitrogens with one attached hydrogen (secondary N) is 1. The van der Waals surface area contributed by atoms with Gasteiger partial charge in [-0.3, -0.25) is 19.3 Å². The molecule has 1 saturated heterocycles. The molecular weight excluding hydrogens is 286 g/mol. The molecule has 5 amide bonds. The van der Waals surface area contributed by atoms with Gasteiger partial charge in [0.1, 0.15) is 6.54 Å². The van der Waals surface area contributed by atoms with Crippen molar-refractivity contribution in [3.05, 3.63) is 35.9 Å². The minimum absolute atomic E-state index is 0.00649. The number of nitrogens with zero attached hydrogens (tertiary/aromatic N) is 2. The maximum atomic E-state index is 12.2. The molecule has 1 aliphatic heterocycles. The van der Waals surface area contributed by atoms with Crippen LogP contribution in [0.5, 0.6) is 0 Å². The molecule has 0 radical (unpaired) electrons. The molecule has 0 aromatic heterocycles. The molecule has 1 heterocycles. The topological polar surface area (TPSA) is 86.8 Å². The summed E-state index contributed by atoms with van der Waals surface area (Å²) in [6, 6.07) is 7.98. The Morgan fingerprint density at radius 3 is 2.23 bits per heavy atom. The molecule has 1 N–H and O–H groups in total. The summed E-state index contributed by atoms with van der Waals surface area (Å²) in [7, 11) is 0. The molecule has 0 bridgehead atoms. The number of rotatable bonds is 5. The van der Waals surface area contributed by atoms with Crippen LogP contribution in [0, 0.1) is 0 Å². The van der Waals surface area contributed by atoms with Crippen molar-refractivity contribution < 1.29 is 19.2 Å². The van der Waals surface area contributed by atoms with Crippen LogP contribution < -0.4 is 5.32 Å². The van der Waals surface area contributed by atoms with E-state index in [0.29, 0.717) is 4.90 Å². The van der Waals surface area contributed by atoms with Crippen LogP contribution in [0.3, 0.4) is 0 Å². The van der Waals surface area contributed by atoms with E-state index in [0.717, 1.165) is 10.5 Å². The maximum Gasteiger partial charge on any atom is 0.335 e. The molecule has 22 heavy (non-hydrogen) atoms. The van der Waals surface area contributed by atoms with E-state index in [4.69, 9.17) is 0 Å². The minimum atomic E-state index is -0.972. The van der Waals surface area contributed by atoms with Crippen molar-refractivity contribution in [2.75, 3.05) is 6.54 Å². The highest BCUT2D eigenvalue weighted by molar-refractivity contribution is 6.44. The number of carbonyl (C=O) groups excluding carboxylic acids is 4. The van der Waals surface area contributed by atoms with Crippen molar-refractivity contribution in [1.82, 2.24) is 15.1 Å². The lowest BCUT2D eigenvalue weighted by Gasteiger charge is -2.16. The van der Waals surface area contributed by atoms with Crippen LogP contribution in [-0.4, -0.2) is 46.1 Å². The molecular formula is C15H17N3O4. The van der Waals surface area contributed by atoms with Gasteiger partial charge in [-0.1, -0.05) is 30.3 Å². The fraction of sp³-hybridized carbons (Fsp3) is 0.333. The highest BCUT2D eigenvalue weighted by Gasteiger charge is 2.45. The Morgan fingerprint density at radius 1 is 1.05 bits per heavy atom. The summed E-state index contributed by atoms with van der Waals surface area (Å²) in [5.41, 5.74) is 0.727. The maximum absolute atomic E-state index is 12.2. The summed E-state index contributed by atoms with van der Waals surface area (Å²) in [4.78, 5) is 49.2. The first-order valence-electron chi connectivity index (χ1n) is 6.90. The molecule has 1 aromatic carbocycles. The SMILES string of the molecule is CC(C)NC(=O)CN1C(=O)C(=O)N(Cc2ccccc2)C1=O. The molecule has 0 spiro atoms. The molecule has 0 unspecified atom stereocenters. The number of hydrogen-bond acceptors (Lipinski definition) is 4. The molecule has 7 heteroatoms. The summed E-state index contributed by atoms with van der Waals surface area (Å²) >= 11 is 0. The number of amides is 5. The second-order valence-corrected chi connectivity index (χ2v) is 5.27. The number of carbonyl (C=O) groups is 4. The predicted molar refractivity (Wildman–Crippen MR) is 77.4 cm³/mol. The van der Waals surface area contributed by atoms with E-state index in [-0.39, 0.29) is 12.6 Å². The van der Waals surface area contributed by atoms with Gasteiger partial charge in [0.05, 0.1) is 6.54 Å². The average Bonchev–Trinajstić information content (AvgIpc) is 2.65. The summed E-state index contributed by atoms with van der Waals surface area (Å²) in [5, 5.41) is 2.58. The zero-order valence-corrected chi connectivity index (χ0v) is 12.4. The summed E-state index contributed by atoms with van der Waals surface area (Å²) in [6.07, 6.45) is 0. The summed E-state index contributed by atoms with van der Waals surface area (Å²) < 4.78 is 0. The van der Waals surface area contributed by atoms with Crippen LogP contribution >= 0.6 is 0 Å². The van der Waals surface area contributed by atoms with Crippen LogP contribution in [0.4, 0.5) is 4.79 Å². The second kappa shape index (κ2) is 6.38. The molecule has 7 nitrogen and oxygen atoms in total. The van der Waals surface area contributed by atoms with Gasteiger partial charge < -0.3 is 5.32 Å². The predicted octanol–water partition coefficient (Wildman–Crippen LogP) is 0.502. The van der Waals surface area contributed by atoms with E-state index in [1.165, 1.54) is 0 Å².